The summed E-state index contributed by atoms with van der Waals surface area (Å²) in [5.41, 5.74) is 5.51. The molecule has 1 atom stereocenters. The highest BCUT2D eigenvalue weighted by Crippen LogP contribution is 2.20. The molecule has 0 spiro atoms. The van der Waals surface area contributed by atoms with Crippen LogP contribution in [0.3, 0.4) is 0 Å². The van der Waals surface area contributed by atoms with E-state index in [2.05, 4.69) is 13.8 Å². The van der Waals surface area contributed by atoms with Crippen LogP contribution < -0.4 is 5.73 Å². The van der Waals surface area contributed by atoms with Crippen molar-refractivity contribution in [1.29, 1.82) is 0 Å². The molecule has 0 aromatic rings. The molecule has 1 rings (SSSR count). The first-order valence-corrected chi connectivity index (χ1v) is 5.61. The van der Waals surface area contributed by atoms with Crippen LogP contribution in [-0.4, -0.2) is 30.4 Å². The quantitative estimate of drug-likeness (QED) is 0.738. The molecule has 2 N–H and O–H groups in total. The normalized spacial score (nSPS) is 22.0. The van der Waals surface area contributed by atoms with E-state index in [1.165, 1.54) is 0 Å². The molecule has 1 aliphatic heterocycles. The van der Waals surface area contributed by atoms with Crippen molar-refractivity contribution in [3.05, 3.63) is 0 Å². The van der Waals surface area contributed by atoms with Crippen LogP contribution in [0.5, 0.6) is 0 Å². The van der Waals surface area contributed by atoms with Gasteiger partial charge < -0.3 is 10.6 Å². The van der Waals surface area contributed by atoms with Crippen LogP contribution in [-0.2, 0) is 4.79 Å². The summed E-state index contributed by atoms with van der Waals surface area (Å²) < 4.78 is 0. The Bertz CT molecular complexity index is 192. The Kier molecular flexibility index (Phi) is 4.39. The van der Waals surface area contributed by atoms with Crippen molar-refractivity contribution in [3.8, 4) is 0 Å². The highest BCUT2D eigenvalue weighted by atomic mass is 16.2. The predicted octanol–water partition coefficient (Wildman–Crippen LogP) is 1.23. The average molecular weight is 198 g/mol. The highest BCUT2D eigenvalue weighted by Gasteiger charge is 2.25. The zero-order valence-electron chi connectivity index (χ0n) is 9.33. The lowest BCUT2D eigenvalue weighted by molar-refractivity contribution is -0.131. The van der Waals surface area contributed by atoms with Crippen molar-refractivity contribution < 1.29 is 4.79 Å². The van der Waals surface area contributed by atoms with Crippen LogP contribution >= 0.6 is 0 Å². The van der Waals surface area contributed by atoms with Crippen molar-refractivity contribution in [1.82, 2.24) is 4.90 Å². The molecule has 1 heterocycles. The summed E-state index contributed by atoms with van der Waals surface area (Å²) >= 11 is 0. The predicted molar refractivity (Wildman–Crippen MR) is 57.8 cm³/mol. The molecular formula is C11H22N2O. The SMILES string of the molecule is CC(C)CC(=O)N1CCC(CCN)C1. The van der Waals surface area contributed by atoms with Crippen molar-refractivity contribution >= 4 is 5.91 Å². The highest BCUT2D eigenvalue weighted by molar-refractivity contribution is 5.76. The van der Waals surface area contributed by atoms with Gasteiger partial charge in [0.1, 0.15) is 0 Å². The van der Waals surface area contributed by atoms with Crippen molar-refractivity contribution in [2.75, 3.05) is 19.6 Å². The van der Waals surface area contributed by atoms with E-state index in [9.17, 15) is 4.79 Å². The number of amides is 1. The molecule has 3 nitrogen and oxygen atoms in total. The number of hydrogen-bond acceptors (Lipinski definition) is 2. The zero-order valence-corrected chi connectivity index (χ0v) is 9.33. The number of carbonyl (C=O) groups excluding carboxylic acids is 1. The Morgan fingerprint density at radius 1 is 1.57 bits per heavy atom. The van der Waals surface area contributed by atoms with E-state index in [-0.39, 0.29) is 0 Å². The van der Waals surface area contributed by atoms with Gasteiger partial charge in [0.25, 0.3) is 0 Å². The topological polar surface area (TPSA) is 46.3 Å². The summed E-state index contributed by atoms with van der Waals surface area (Å²) in [7, 11) is 0. The van der Waals surface area contributed by atoms with Gasteiger partial charge in [-0.3, -0.25) is 4.79 Å². The zero-order chi connectivity index (χ0) is 10.6. The minimum Gasteiger partial charge on any atom is -0.342 e. The van der Waals surface area contributed by atoms with E-state index in [1.54, 1.807) is 0 Å². The van der Waals surface area contributed by atoms with E-state index in [0.717, 1.165) is 32.5 Å². The van der Waals surface area contributed by atoms with Gasteiger partial charge in [0.15, 0.2) is 0 Å². The molecule has 14 heavy (non-hydrogen) atoms. The number of nitrogens with zero attached hydrogens (tertiary/aromatic N) is 1. The fraction of sp³-hybridized carbons (Fsp3) is 0.909. The maximum atomic E-state index is 11.7. The molecule has 0 radical (unpaired) electrons. The Morgan fingerprint density at radius 2 is 2.29 bits per heavy atom. The van der Waals surface area contributed by atoms with E-state index in [0.29, 0.717) is 24.2 Å². The van der Waals surface area contributed by atoms with Gasteiger partial charge in [0, 0.05) is 19.5 Å². The lowest BCUT2D eigenvalue weighted by atomic mass is 10.1. The number of nitrogens with two attached hydrogens (primary N) is 1. The number of likely N-dealkylation sites (tertiary alicyclic amines) is 1. The van der Waals surface area contributed by atoms with Crippen LogP contribution in [0.15, 0.2) is 0 Å². The van der Waals surface area contributed by atoms with Crippen LogP contribution in [0.4, 0.5) is 0 Å². The molecule has 0 saturated carbocycles. The molecule has 1 saturated heterocycles. The molecule has 0 aliphatic carbocycles. The Labute approximate surface area is 86.6 Å². The maximum absolute atomic E-state index is 11.7. The summed E-state index contributed by atoms with van der Waals surface area (Å²) in [6.45, 7) is 6.80. The van der Waals surface area contributed by atoms with Gasteiger partial charge in [-0.1, -0.05) is 13.8 Å². The van der Waals surface area contributed by atoms with Gasteiger partial charge in [0.05, 0.1) is 0 Å². The molecule has 0 aromatic heterocycles. The van der Waals surface area contributed by atoms with Crippen LogP contribution in [0.1, 0.15) is 33.1 Å². The lowest BCUT2D eigenvalue weighted by Crippen LogP contribution is -2.29. The van der Waals surface area contributed by atoms with Crippen molar-refractivity contribution in [3.63, 3.8) is 0 Å². The molecule has 1 unspecified atom stereocenters. The molecule has 3 heteroatoms. The second-order valence-corrected chi connectivity index (χ2v) is 4.67. The van der Waals surface area contributed by atoms with Crippen LogP contribution in [0.2, 0.25) is 0 Å². The van der Waals surface area contributed by atoms with Gasteiger partial charge in [-0.15, -0.1) is 0 Å². The number of rotatable bonds is 4. The Hall–Kier alpha value is -0.570. The Morgan fingerprint density at radius 3 is 2.86 bits per heavy atom. The van der Waals surface area contributed by atoms with Gasteiger partial charge in [0.2, 0.25) is 5.91 Å². The smallest absolute Gasteiger partial charge is 0.222 e. The van der Waals surface area contributed by atoms with Gasteiger partial charge in [-0.05, 0) is 31.2 Å². The summed E-state index contributed by atoms with van der Waals surface area (Å²) in [6, 6.07) is 0. The molecular weight excluding hydrogens is 176 g/mol. The summed E-state index contributed by atoms with van der Waals surface area (Å²) in [5, 5.41) is 0. The van der Waals surface area contributed by atoms with Gasteiger partial charge in [-0.2, -0.15) is 0 Å². The first-order chi connectivity index (χ1) is 6.63. The first kappa shape index (κ1) is 11.5. The monoisotopic (exact) mass is 198 g/mol. The van der Waals surface area contributed by atoms with Crippen LogP contribution in [0.25, 0.3) is 0 Å². The lowest BCUT2D eigenvalue weighted by Gasteiger charge is -2.17. The molecule has 82 valence electrons. The third-order valence-corrected chi connectivity index (χ3v) is 2.80. The molecule has 0 bridgehead atoms. The second-order valence-electron chi connectivity index (χ2n) is 4.67. The minimum atomic E-state index is 0.319. The van der Waals surface area contributed by atoms with E-state index < -0.39 is 0 Å². The standard InChI is InChI=1S/C11H22N2O/c1-9(2)7-11(14)13-6-4-10(8-13)3-5-12/h9-10H,3-8,12H2,1-2H3. The minimum absolute atomic E-state index is 0.319. The van der Waals surface area contributed by atoms with Crippen LogP contribution in [0, 0.1) is 11.8 Å². The summed E-state index contributed by atoms with van der Waals surface area (Å²) in [5.74, 6) is 1.44. The fourth-order valence-electron chi connectivity index (χ4n) is 2.01. The molecule has 1 fully saturated rings. The summed E-state index contributed by atoms with van der Waals surface area (Å²) in [6.07, 6.45) is 2.89. The molecule has 1 amide bonds. The van der Waals surface area contributed by atoms with E-state index >= 15 is 0 Å². The number of hydrogen-bond donors (Lipinski definition) is 1. The number of carbonyl (C=O) groups is 1. The molecule has 1 aliphatic rings. The molecule has 0 aromatic carbocycles. The Balaban J connectivity index is 2.30. The summed E-state index contributed by atoms with van der Waals surface area (Å²) in [4.78, 5) is 13.7. The first-order valence-electron chi connectivity index (χ1n) is 5.61. The fourth-order valence-corrected chi connectivity index (χ4v) is 2.01. The maximum Gasteiger partial charge on any atom is 0.222 e. The average Bonchev–Trinajstić information content (AvgIpc) is 2.52. The largest absolute Gasteiger partial charge is 0.342 e. The van der Waals surface area contributed by atoms with E-state index in [4.69, 9.17) is 5.73 Å². The third-order valence-electron chi connectivity index (χ3n) is 2.80. The third kappa shape index (κ3) is 3.29. The van der Waals surface area contributed by atoms with Gasteiger partial charge in [-0.25, -0.2) is 0 Å². The van der Waals surface area contributed by atoms with Crippen molar-refractivity contribution in [2.24, 2.45) is 17.6 Å². The second kappa shape index (κ2) is 5.35. The van der Waals surface area contributed by atoms with E-state index in [1.807, 2.05) is 4.90 Å². The van der Waals surface area contributed by atoms with Crippen molar-refractivity contribution in [2.45, 2.75) is 33.1 Å². The van der Waals surface area contributed by atoms with Gasteiger partial charge >= 0.3 is 0 Å².